The number of ether oxygens (including phenoxy) is 1. The van der Waals surface area contributed by atoms with Gasteiger partial charge in [0.25, 0.3) is 5.91 Å². The number of nitrogens with zero attached hydrogens (tertiary/aromatic N) is 3. The van der Waals surface area contributed by atoms with Crippen LogP contribution >= 0.6 is 0 Å². The summed E-state index contributed by atoms with van der Waals surface area (Å²) in [6.45, 7) is 5.45. The molecule has 144 valence electrons. The molecule has 0 unspecified atom stereocenters. The van der Waals surface area contributed by atoms with Gasteiger partial charge in [0.05, 0.1) is 13.2 Å². The fourth-order valence-corrected chi connectivity index (χ4v) is 2.68. The molecular weight excluding hydrogens is 356 g/mol. The molecule has 7 nitrogen and oxygen atoms in total. The average Bonchev–Trinajstić information content (AvgIpc) is 2.67. The van der Waals surface area contributed by atoms with Gasteiger partial charge in [-0.25, -0.2) is 13.8 Å². The number of benzene rings is 1. The predicted octanol–water partition coefficient (Wildman–Crippen LogP) is 1.74. The Morgan fingerprint density at radius 3 is 2.67 bits per heavy atom. The van der Waals surface area contributed by atoms with Gasteiger partial charge in [-0.2, -0.15) is 4.98 Å². The lowest BCUT2D eigenvalue weighted by atomic mass is 10.2. The van der Waals surface area contributed by atoms with Gasteiger partial charge in [-0.1, -0.05) is 0 Å². The van der Waals surface area contributed by atoms with Crippen LogP contribution in [0.25, 0.3) is 0 Å². The van der Waals surface area contributed by atoms with Gasteiger partial charge in [0.15, 0.2) is 11.6 Å². The van der Waals surface area contributed by atoms with Gasteiger partial charge >= 0.3 is 0 Å². The first-order chi connectivity index (χ1) is 13.0. The molecule has 1 aliphatic rings. The van der Waals surface area contributed by atoms with E-state index in [1.54, 1.807) is 0 Å². The van der Waals surface area contributed by atoms with Crippen molar-refractivity contribution >= 4 is 17.7 Å². The number of anilines is 2. The van der Waals surface area contributed by atoms with Crippen molar-refractivity contribution in [1.82, 2.24) is 15.3 Å². The third-order valence-electron chi connectivity index (χ3n) is 4.05. The van der Waals surface area contributed by atoms with Crippen molar-refractivity contribution in [1.29, 1.82) is 0 Å². The first-order valence-corrected chi connectivity index (χ1v) is 8.68. The Kier molecular flexibility index (Phi) is 6.12. The van der Waals surface area contributed by atoms with Crippen LogP contribution in [0.4, 0.5) is 20.5 Å². The number of hydrogen-bond acceptors (Lipinski definition) is 6. The van der Waals surface area contributed by atoms with Gasteiger partial charge in [-0.05, 0) is 25.1 Å². The van der Waals surface area contributed by atoms with Crippen molar-refractivity contribution in [2.75, 3.05) is 49.6 Å². The number of aromatic nitrogens is 2. The molecule has 0 atom stereocenters. The minimum atomic E-state index is -1.05. The first-order valence-electron chi connectivity index (χ1n) is 8.68. The number of hydrogen-bond donors (Lipinski definition) is 2. The highest BCUT2D eigenvalue weighted by atomic mass is 19.2. The Labute approximate surface area is 155 Å². The van der Waals surface area contributed by atoms with E-state index in [1.807, 2.05) is 13.0 Å². The van der Waals surface area contributed by atoms with E-state index >= 15 is 0 Å². The van der Waals surface area contributed by atoms with Crippen LogP contribution in [0.15, 0.2) is 24.3 Å². The van der Waals surface area contributed by atoms with Crippen LogP contribution in [-0.2, 0) is 4.74 Å². The molecule has 1 aromatic heterocycles. The summed E-state index contributed by atoms with van der Waals surface area (Å²) < 4.78 is 31.4. The van der Waals surface area contributed by atoms with Crippen LogP contribution in [0.3, 0.4) is 0 Å². The standard InChI is InChI=1S/C18H21F2N5O2/c1-12-10-16(25-6-8-27-9-7-25)24-18(23-12)22-5-4-21-17(26)13-2-3-14(19)15(20)11-13/h2-3,10-11H,4-9H2,1H3,(H,21,26)(H,22,23,24). The molecule has 0 saturated carbocycles. The van der Waals surface area contributed by atoms with Gasteiger partial charge in [0.2, 0.25) is 5.95 Å². The number of halogens is 2. The highest BCUT2D eigenvalue weighted by Gasteiger charge is 2.14. The lowest BCUT2D eigenvalue weighted by Crippen LogP contribution is -2.37. The van der Waals surface area contributed by atoms with E-state index < -0.39 is 17.5 Å². The van der Waals surface area contributed by atoms with Crippen molar-refractivity contribution in [3.8, 4) is 0 Å². The molecule has 27 heavy (non-hydrogen) atoms. The van der Waals surface area contributed by atoms with Gasteiger partial charge in [-0.3, -0.25) is 4.79 Å². The molecule has 0 spiro atoms. The maximum atomic E-state index is 13.2. The van der Waals surface area contributed by atoms with Gasteiger partial charge in [0.1, 0.15) is 5.82 Å². The van der Waals surface area contributed by atoms with E-state index in [9.17, 15) is 13.6 Å². The van der Waals surface area contributed by atoms with Crippen LogP contribution in [0, 0.1) is 18.6 Å². The Morgan fingerprint density at radius 1 is 1.15 bits per heavy atom. The largest absolute Gasteiger partial charge is 0.378 e. The second-order valence-corrected chi connectivity index (χ2v) is 6.10. The molecule has 2 aromatic rings. The molecule has 1 amide bonds. The smallest absolute Gasteiger partial charge is 0.251 e. The van der Waals surface area contributed by atoms with Gasteiger partial charge in [-0.15, -0.1) is 0 Å². The average molecular weight is 377 g/mol. The van der Waals surface area contributed by atoms with Crippen molar-refractivity contribution in [3.05, 3.63) is 47.2 Å². The second kappa shape index (κ2) is 8.72. The number of aryl methyl sites for hydroxylation is 1. The SMILES string of the molecule is Cc1cc(N2CCOCC2)nc(NCCNC(=O)c2ccc(F)c(F)c2)n1. The maximum absolute atomic E-state index is 13.2. The summed E-state index contributed by atoms with van der Waals surface area (Å²) in [5, 5.41) is 5.70. The number of carbonyl (C=O) groups excluding carboxylic acids is 1. The molecule has 1 aromatic carbocycles. The molecule has 0 radical (unpaired) electrons. The molecule has 1 fully saturated rings. The topological polar surface area (TPSA) is 79.4 Å². The molecule has 0 aliphatic carbocycles. The predicted molar refractivity (Wildman–Crippen MR) is 97.0 cm³/mol. The van der Waals surface area contributed by atoms with Crippen molar-refractivity contribution in [3.63, 3.8) is 0 Å². The normalized spacial score (nSPS) is 14.1. The fraction of sp³-hybridized carbons (Fsp3) is 0.389. The van der Waals surface area contributed by atoms with Crippen LogP contribution in [0.1, 0.15) is 16.1 Å². The van der Waals surface area contributed by atoms with E-state index in [2.05, 4.69) is 25.5 Å². The fourth-order valence-electron chi connectivity index (χ4n) is 2.68. The Bertz CT molecular complexity index is 812. The summed E-state index contributed by atoms with van der Waals surface area (Å²) in [4.78, 5) is 22.9. The zero-order valence-corrected chi connectivity index (χ0v) is 15.0. The molecule has 3 rings (SSSR count). The summed E-state index contributed by atoms with van der Waals surface area (Å²) in [5.41, 5.74) is 0.898. The Morgan fingerprint density at radius 2 is 1.93 bits per heavy atom. The molecule has 2 N–H and O–H groups in total. The summed E-state index contributed by atoms with van der Waals surface area (Å²) in [6, 6.07) is 4.95. The zero-order chi connectivity index (χ0) is 19.2. The highest BCUT2D eigenvalue weighted by molar-refractivity contribution is 5.94. The molecule has 0 bridgehead atoms. The Balaban J connectivity index is 1.51. The van der Waals surface area contributed by atoms with E-state index in [0.717, 1.165) is 36.7 Å². The van der Waals surface area contributed by atoms with E-state index in [1.165, 1.54) is 6.07 Å². The van der Waals surface area contributed by atoms with Crippen molar-refractivity contribution in [2.24, 2.45) is 0 Å². The number of amides is 1. The maximum Gasteiger partial charge on any atom is 0.251 e. The van der Waals surface area contributed by atoms with Crippen LogP contribution in [0.5, 0.6) is 0 Å². The third-order valence-corrected chi connectivity index (χ3v) is 4.05. The lowest BCUT2D eigenvalue weighted by molar-refractivity contribution is 0.0954. The molecule has 2 heterocycles. The monoisotopic (exact) mass is 377 g/mol. The van der Waals surface area contributed by atoms with Crippen LogP contribution < -0.4 is 15.5 Å². The minimum absolute atomic E-state index is 0.0651. The summed E-state index contributed by atoms with van der Waals surface area (Å²) in [6.07, 6.45) is 0. The van der Waals surface area contributed by atoms with E-state index in [4.69, 9.17) is 4.74 Å². The van der Waals surface area contributed by atoms with Crippen LogP contribution in [0.2, 0.25) is 0 Å². The Hall–Kier alpha value is -2.81. The zero-order valence-electron chi connectivity index (χ0n) is 15.0. The third kappa shape index (κ3) is 5.10. The number of carbonyl (C=O) groups is 1. The van der Waals surface area contributed by atoms with Crippen LogP contribution in [-0.4, -0.2) is 55.3 Å². The molecule has 1 saturated heterocycles. The molecule has 9 heteroatoms. The molecular formula is C18H21F2N5O2. The molecule has 1 aliphatic heterocycles. The lowest BCUT2D eigenvalue weighted by Gasteiger charge is -2.28. The first kappa shape index (κ1) is 19.0. The van der Waals surface area contributed by atoms with Crippen molar-refractivity contribution < 1.29 is 18.3 Å². The van der Waals surface area contributed by atoms with E-state index in [0.29, 0.717) is 25.7 Å². The van der Waals surface area contributed by atoms with E-state index in [-0.39, 0.29) is 12.1 Å². The van der Waals surface area contributed by atoms with Gasteiger partial charge in [0, 0.05) is 43.5 Å². The number of nitrogens with one attached hydrogen (secondary N) is 2. The summed E-state index contributed by atoms with van der Waals surface area (Å²) in [7, 11) is 0. The number of rotatable bonds is 6. The van der Waals surface area contributed by atoms with Gasteiger partial charge < -0.3 is 20.3 Å². The highest BCUT2D eigenvalue weighted by Crippen LogP contribution is 2.16. The van der Waals surface area contributed by atoms with Crippen molar-refractivity contribution in [2.45, 2.75) is 6.92 Å². The quantitative estimate of drug-likeness (QED) is 0.747. The summed E-state index contributed by atoms with van der Waals surface area (Å²) in [5.74, 6) is -1.21. The number of morpholine rings is 1. The second-order valence-electron chi connectivity index (χ2n) is 6.10. The minimum Gasteiger partial charge on any atom is -0.378 e. The summed E-state index contributed by atoms with van der Waals surface area (Å²) >= 11 is 0.